The Bertz CT molecular complexity index is 864. The van der Waals surface area contributed by atoms with Crippen LogP contribution in [0.5, 0.6) is 0 Å². The van der Waals surface area contributed by atoms with Crippen LogP contribution >= 0.6 is 11.8 Å². The minimum atomic E-state index is -0.866. The van der Waals surface area contributed by atoms with Gasteiger partial charge in [0, 0.05) is 17.0 Å². The number of amides is 2. The highest BCUT2D eigenvalue weighted by molar-refractivity contribution is 8.02. The van der Waals surface area contributed by atoms with Gasteiger partial charge in [0.25, 0.3) is 5.91 Å². The van der Waals surface area contributed by atoms with E-state index in [2.05, 4.69) is 25.2 Å². The van der Waals surface area contributed by atoms with Gasteiger partial charge in [-0.1, -0.05) is 49.9 Å². The molecule has 1 N–H and O–H groups in total. The number of hydrogen-bond acceptors (Lipinski definition) is 3. The highest BCUT2D eigenvalue weighted by atomic mass is 32.2. The van der Waals surface area contributed by atoms with E-state index in [9.17, 15) is 9.59 Å². The van der Waals surface area contributed by atoms with Crippen LogP contribution in [-0.4, -0.2) is 16.7 Å². The quantitative estimate of drug-likeness (QED) is 0.892. The van der Waals surface area contributed by atoms with Gasteiger partial charge in [-0.15, -0.1) is 0 Å². The van der Waals surface area contributed by atoms with E-state index >= 15 is 0 Å². The topological polar surface area (TPSA) is 49.4 Å². The number of benzene rings is 2. The summed E-state index contributed by atoms with van der Waals surface area (Å²) in [5.74, 6) is 0.286. The van der Waals surface area contributed by atoms with E-state index in [1.165, 1.54) is 17.3 Å². The van der Waals surface area contributed by atoms with Crippen molar-refractivity contribution in [2.75, 3.05) is 10.2 Å². The molecule has 0 aromatic heterocycles. The number of anilines is 2. The number of nitrogens with zero attached hydrogens (tertiary/aromatic N) is 1. The summed E-state index contributed by atoms with van der Waals surface area (Å²) in [6, 6.07) is 15.7. The average Bonchev–Trinajstić information content (AvgIpc) is 3.11. The highest BCUT2D eigenvalue weighted by Crippen LogP contribution is 2.56. The maximum atomic E-state index is 13.2. The standard InChI is InChI=1S/C20H20N2O2S/c1-13(2)14-6-5-7-15(12-14)21-19(24)20-11-10-18(23)22(20)16-8-3-4-9-17(16)25-20/h3-9,12-13H,10-11H2,1-2H3,(H,21,24). The van der Waals surface area contributed by atoms with Crippen molar-refractivity contribution in [3.05, 3.63) is 54.1 Å². The summed E-state index contributed by atoms with van der Waals surface area (Å²) >= 11 is 1.49. The van der Waals surface area contributed by atoms with E-state index in [0.717, 1.165) is 16.3 Å². The first-order valence-electron chi connectivity index (χ1n) is 8.54. The van der Waals surface area contributed by atoms with Gasteiger partial charge >= 0.3 is 0 Å². The SMILES string of the molecule is CC(C)c1cccc(NC(=O)C23CCC(=O)N2c2ccccc2S3)c1. The van der Waals surface area contributed by atoms with Crippen molar-refractivity contribution >= 4 is 35.0 Å². The molecule has 2 aliphatic heterocycles. The molecule has 25 heavy (non-hydrogen) atoms. The Kier molecular flexibility index (Phi) is 3.84. The van der Waals surface area contributed by atoms with E-state index in [-0.39, 0.29) is 11.8 Å². The molecule has 0 radical (unpaired) electrons. The molecule has 2 aromatic rings. The zero-order chi connectivity index (χ0) is 17.6. The van der Waals surface area contributed by atoms with Crippen molar-refractivity contribution in [3.8, 4) is 0 Å². The van der Waals surface area contributed by atoms with E-state index in [1.54, 1.807) is 4.90 Å². The molecule has 2 aliphatic rings. The van der Waals surface area contributed by atoms with E-state index < -0.39 is 4.87 Å². The first-order chi connectivity index (χ1) is 12.0. The van der Waals surface area contributed by atoms with Gasteiger partial charge in [0.2, 0.25) is 5.91 Å². The molecule has 0 aliphatic carbocycles. The summed E-state index contributed by atoms with van der Waals surface area (Å²) in [4.78, 5) is 27.5. The molecule has 1 saturated heterocycles. The van der Waals surface area contributed by atoms with E-state index in [1.807, 2.05) is 42.5 Å². The monoisotopic (exact) mass is 352 g/mol. The Morgan fingerprint density at radius 3 is 2.80 bits per heavy atom. The Morgan fingerprint density at radius 1 is 1.20 bits per heavy atom. The van der Waals surface area contributed by atoms with Crippen LogP contribution in [0.3, 0.4) is 0 Å². The van der Waals surface area contributed by atoms with Gasteiger partial charge in [-0.25, -0.2) is 0 Å². The highest BCUT2D eigenvalue weighted by Gasteiger charge is 2.57. The number of thioether (sulfide) groups is 1. The van der Waals surface area contributed by atoms with Crippen LogP contribution in [0.15, 0.2) is 53.4 Å². The summed E-state index contributed by atoms with van der Waals surface area (Å²) in [5.41, 5.74) is 2.81. The number of rotatable bonds is 3. The fourth-order valence-electron chi connectivity index (χ4n) is 3.50. The van der Waals surface area contributed by atoms with Gasteiger partial charge in [-0.2, -0.15) is 0 Å². The first-order valence-corrected chi connectivity index (χ1v) is 9.35. The lowest BCUT2D eigenvalue weighted by molar-refractivity contribution is -0.121. The van der Waals surface area contributed by atoms with Crippen molar-refractivity contribution in [3.63, 3.8) is 0 Å². The minimum absolute atomic E-state index is 0.0172. The molecule has 0 spiro atoms. The summed E-state index contributed by atoms with van der Waals surface area (Å²) in [6.07, 6.45) is 0.932. The molecule has 1 unspecified atom stereocenters. The smallest absolute Gasteiger partial charge is 0.261 e. The van der Waals surface area contributed by atoms with Crippen molar-refractivity contribution in [2.45, 2.75) is 42.4 Å². The lowest BCUT2D eigenvalue weighted by atomic mass is 10.0. The minimum Gasteiger partial charge on any atom is -0.323 e. The third-order valence-corrected chi connectivity index (χ3v) is 6.31. The van der Waals surface area contributed by atoms with Crippen LogP contribution in [-0.2, 0) is 9.59 Å². The van der Waals surface area contributed by atoms with Gasteiger partial charge < -0.3 is 5.32 Å². The lowest BCUT2D eigenvalue weighted by Crippen LogP contribution is -2.49. The van der Waals surface area contributed by atoms with Gasteiger partial charge in [0.15, 0.2) is 4.87 Å². The molecular formula is C20H20N2O2S. The van der Waals surface area contributed by atoms with Crippen molar-refractivity contribution in [1.29, 1.82) is 0 Å². The molecule has 2 heterocycles. The molecule has 0 saturated carbocycles. The molecule has 4 nitrogen and oxygen atoms in total. The maximum absolute atomic E-state index is 13.2. The molecule has 2 aromatic carbocycles. The van der Waals surface area contributed by atoms with E-state index in [4.69, 9.17) is 0 Å². The third-order valence-electron chi connectivity index (χ3n) is 4.84. The first kappa shape index (κ1) is 16.2. The van der Waals surface area contributed by atoms with Crippen molar-refractivity contribution in [1.82, 2.24) is 0 Å². The number of carbonyl (C=O) groups excluding carboxylic acids is 2. The average molecular weight is 352 g/mol. The van der Waals surface area contributed by atoms with Crippen LogP contribution in [0.2, 0.25) is 0 Å². The second kappa shape index (κ2) is 5.92. The number of hydrogen-bond donors (Lipinski definition) is 1. The summed E-state index contributed by atoms with van der Waals surface area (Å²) in [7, 11) is 0. The number of para-hydroxylation sites is 1. The predicted molar refractivity (Wildman–Crippen MR) is 101 cm³/mol. The number of fused-ring (bicyclic) bond motifs is 3. The molecule has 0 bridgehead atoms. The van der Waals surface area contributed by atoms with Crippen molar-refractivity contribution < 1.29 is 9.59 Å². The molecule has 128 valence electrons. The van der Waals surface area contributed by atoms with Gasteiger partial charge in [0.1, 0.15) is 0 Å². The largest absolute Gasteiger partial charge is 0.323 e. The predicted octanol–water partition coefficient (Wildman–Crippen LogP) is 4.38. The zero-order valence-electron chi connectivity index (χ0n) is 14.3. The Labute approximate surface area is 151 Å². The van der Waals surface area contributed by atoms with Gasteiger partial charge in [-0.3, -0.25) is 14.5 Å². The molecule has 1 fully saturated rings. The summed E-state index contributed by atoms with van der Waals surface area (Å²) < 4.78 is 0. The second-order valence-electron chi connectivity index (χ2n) is 6.82. The molecule has 5 heteroatoms. The van der Waals surface area contributed by atoms with E-state index in [0.29, 0.717) is 18.8 Å². The Morgan fingerprint density at radius 2 is 2.00 bits per heavy atom. The van der Waals surface area contributed by atoms with Crippen molar-refractivity contribution in [2.24, 2.45) is 0 Å². The van der Waals surface area contributed by atoms with Crippen LogP contribution in [0.4, 0.5) is 11.4 Å². The molecular weight excluding hydrogens is 332 g/mol. The number of carbonyl (C=O) groups is 2. The summed E-state index contributed by atoms with van der Waals surface area (Å²) in [5, 5.41) is 3.04. The maximum Gasteiger partial charge on any atom is 0.261 e. The van der Waals surface area contributed by atoms with Crippen LogP contribution in [0, 0.1) is 0 Å². The van der Waals surface area contributed by atoms with Gasteiger partial charge in [0.05, 0.1) is 5.69 Å². The Hall–Kier alpha value is -2.27. The van der Waals surface area contributed by atoms with Crippen LogP contribution < -0.4 is 10.2 Å². The fourth-order valence-corrected chi connectivity index (χ4v) is 4.92. The molecule has 1 atom stereocenters. The zero-order valence-corrected chi connectivity index (χ0v) is 15.1. The number of nitrogens with one attached hydrogen (secondary N) is 1. The molecule has 2 amide bonds. The second-order valence-corrected chi connectivity index (χ2v) is 8.14. The summed E-state index contributed by atoms with van der Waals surface area (Å²) in [6.45, 7) is 4.25. The third kappa shape index (κ3) is 2.54. The Balaban J connectivity index is 1.66. The normalized spacial score (nSPS) is 21.4. The van der Waals surface area contributed by atoms with Crippen LogP contribution in [0.1, 0.15) is 38.2 Å². The fraction of sp³-hybridized carbons (Fsp3) is 0.300. The molecule has 4 rings (SSSR count). The lowest BCUT2D eigenvalue weighted by Gasteiger charge is -2.29. The van der Waals surface area contributed by atoms with Gasteiger partial charge in [-0.05, 0) is 42.2 Å². The van der Waals surface area contributed by atoms with Crippen LogP contribution in [0.25, 0.3) is 0 Å².